The number of azo groups is 2. The molecule has 0 saturated heterocycles. The van der Waals surface area contributed by atoms with Gasteiger partial charge in [-0.25, -0.2) is 9.97 Å². The van der Waals surface area contributed by atoms with E-state index in [1.165, 1.54) is 35.2 Å². The molecule has 66 heavy (non-hydrogen) atoms. The van der Waals surface area contributed by atoms with Gasteiger partial charge in [-0.1, -0.05) is 57.6 Å². The fourth-order valence-electron chi connectivity index (χ4n) is 6.62. The number of hydrogen-bond acceptors (Lipinski definition) is 21. The minimum absolute atomic E-state index is 0.124. The van der Waals surface area contributed by atoms with Crippen LogP contribution < -0.4 is 29.9 Å². The second kappa shape index (κ2) is 21.4. The summed E-state index contributed by atoms with van der Waals surface area (Å²) in [4.78, 5) is 27.0. The molecule has 0 saturated carbocycles. The van der Waals surface area contributed by atoms with Crippen LogP contribution in [0.15, 0.2) is 85.1 Å². The lowest BCUT2D eigenvalue weighted by Gasteiger charge is -2.25. The Kier molecular flexibility index (Phi) is 15.7. The van der Waals surface area contributed by atoms with E-state index in [1.807, 2.05) is 52.0 Å². The van der Waals surface area contributed by atoms with E-state index >= 15 is 0 Å². The molecule has 0 amide bonds. The van der Waals surface area contributed by atoms with Gasteiger partial charge in [-0.05, 0) is 70.2 Å². The quantitative estimate of drug-likeness (QED) is 0.0315. The van der Waals surface area contributed by atoms with Crippen LogP contribution in [-0.2, 0) is 10.1 Å². The normalized spacial score (nSPS) is 11.9. The third-order valence-electron chi connectivity index (χ3n) is 9.77. The van der Waals surface area contributed by atoms with Crippen molar-refractivity contribution in [1.82, 2.24) is 24.9 Å². The average Bonchev–Trinajstić information content (AvgIpc) is 3.90. The van der Waals surface area contributed by atoms with Crippen LogP contribution in [0.5, 0.6) is 11.5 Å². The van der Waals surface area contributed by atoms with Gasteiger partial charge in [-0.15, -0.1) is 20.5 Å². The van der Waals surface area contributed by atoms with E-state index in [4.69, 9.17) is 47.6 Å². The number of fused-ring (bicyclic) bond motifs is 2. The molecule has 7 aromatic rings. The second-order valence-corrected chi connectivity index (χ2v) is 19.1. The molecule has 0 bridgehead atoms. The number of halogens is 2. The SMILES string of the molecule is CCN(CC)c1cc(Nc2nc(Nc3cc(N(CC)CC)c(OC)cc3N=Nc3nc4cc(S(=O)(=O)O)c(Cl)cc4s3)nc(SCCO)n2)c(N=Nc2nc3ccc(Cl)cc3s2)cc1OC. The number of aliphatic hydroxyl groups excluding tert-OH is 1. The van der Waals surface area contributed by atoms with Crippen molar-refractivity contribution in [2.75, 3.05) is 73.2 Å². The molecule has 25 heteroatoms. The smallest absolute Gasteiger partial charge is 0.296 e. The van der Waals surface area contributed by atoms with Crippen LogP contribution in [0.3, 0.4) is 0 Å². The van der Waals surface area contributed by atoms with E-state index in [2.05, 4.69) is 50.9 Å². The number of benzene rings is 4. The molecule has 0 atom stereocenters. The summed E-state index contributed by atoms with van der Waals surface area (Å²) in [5.41, 5.74) is 4.22. The molecular weight excluding hydrogens is 970 g/mol. The summed E-state index contributed by atoms with van der Waals surface area (Å²) in [5.74, 6) is 1.67. The molecule has 0 radical (unpaired) electrons. The van der Waals surface area contributed by atoms with Gasteiger partial charge in [0, 0.05) is 49.1 Å². The van der Waals surface area contributed by atoms with Crippen molar-refractivity contribution in [3.8, 4) is 11.5 Å². The molecule has 3 heterocycles. The average molecular weight is 1010 g/mol. The Morgan fingerprint density at radius 3 is 1.70 bits per heavy atom. The molecule has 0 aliphatic heterocycles. The number of anilines is 6. The zero-order valence-corrected chi connectivity index (χ0v) is 41.1. The minimum atomic E-state index is -4.59. The van der Waals surface area contributed by atoms with Gasteiger partial charge >= 0.3 is 0 Å². The summed E-state index contributed by atoms with van der Waals surface area (Å²) < 4.78 is 46.5. The van der Waals surface area contributed by atoms with Crippen molar-refractivity contribution in [2.24, 2.45) is 20.5 Å². The van der Waals surface area contributed by atoms with E-state index in [0.29, 0.717) is 86.2 Å². The van der Waals surface area contributed by atoms with E-state index in [9.17, 15) is 18.1 Å². The van der Waals surface area contributed by atoms with Crippen LogP contribution in [0.2, 0.25) is 10.0 Å². The first-order valence-electron chi connectivity index (χ1n) is 20.2. The molecule has 4 aromatic carbocycles. The molecule has 0 unspecified atom stereocenters. The number of nitrogens with zero attached hydrogens (tertiary/aromatic N) is 11. The lowest BCUT2D eigenvalue weighted by molar-refractivity contribution is 0.322. The highest BCUT2D eigenvalue weighted by molar-refractivity contribution is 7.99. The number of rotatable bonds is 20. The first kappa shape index (κ1) is 48.4. The van der Waals surface area contributed by atoms with Crippen molar-refractivity contribution >= 4 is 144 Å². The summed E-state index contributed by atoms with van der Waals surface area (Å²) in [6.45, 7) is 10.8. The molecule has 0 aliphatic rings. The Bertz CT molecular complexity index is 3060. The number of methoxy groups -OCH3 is 2. The van der Waals surface area contributed by atoms with Gasteiger partial charge < -0.3 is 35.0 Å². The second-order valence-electron chi connectivity index (χ2n) is 13.7. The van der Waals surface area contributed by atoms with Crippen LogP contribution >= 0.6 is 57.6 Å². The minimum Gasteiger partial charge on any atom is -0.494 e. The molecule has 19 nitrogen and oxygen atoms in total. The van der Waals surface area contributed by atoms with Gasteiger partial charge in [-0.2, -0.15) is 23.4 Å². The van der Waals surface area contributed by atoms with Gasteiger partial charge in [0.2, 0.25) is 22.2 Å². The maximum atomic E-state index is 11.9. The summed E-state index contributed by atoms with van der Waals surface area (Å²) in [6.07, 6.45) is 0. The number of hydrogen-bond donors (Lipinski definition) is 4. The Morgan fingerprint density at radius 2 is 1.21 bits per heavy atom. The number of aliphatic hydroxyl groups is 1. The fraction of sp³-hybridized carbons (Fsp3) is 0.293. The summed E-state index contributed by atoms with van der Waals surface area (Å²) >= 11 is 16.1. The molecule has 0 fully saturated rings. The summed E-state index contributed by atoms with van der Waals surface area (Å²) in [6, 6.07) is 15.2. The van der Waals surface area contributed by atoms with Crippen LogP contribution in [0.1, 0.15) is 27.7 Å². The molecule has 346 valence electrons. The fourth-order valence-corrected chi connectivity index (χ4v) is 10.2. The van der Waals surface area contributed by atoms with Crippen LogP contribution in [-0.4, -0.2) is 95.8 Å². The molecule has 0 spiro atoms. The molecule has 4 N–H and O–H groups in total. The van der Waals surface area contributed by atoms with Crippen LogP contribution in [0.4, 0.5) is 56.3 Å². The van der Waals surface area contributed by atoms with Crippen molar-refractivity contribution in [2.45, 2.75) is 37.7 Å². The van der Waals surface area contributed by atoms with Crippen molar-refractivity contribution in [3.05, 3.63) is 64.6 Å². The number of thioether (sulfide) groups is 1. The summed E-state index contributed by atoms with van der Waals surface area (Å²) in [7, 11) is -1.44. The largest absolute Gasteiger partial charge is 0.494 e. The van der Waals surface area contributed by atoms with E-state index < -0.39 is 15.0 Å². The van der Waals surface area contributed by atoms with Gasteiger partial charge in [0.1, 0.15) is 27.8 Å². The highest BCUT2D eigenvalue weighted by Crippen LogP contribution is 2.44. The topological polar surface area (TPSA) is 237 Å². The zero-order valence-electron chi connectivity index (χ0n) is 36.3. The monoisotopic (exact) mass is 1010 g/mol. The van der Waals surface area contributed by atoms with Gasteiger partial charge in [0.15, 0.2) is 5.16 Å². The van der Waals surface area contributed by atoms with Gasteiger partial charge in [-0.3, -0.25) is 4.55 Å². The number of aromatic nitrogens is 5. The van der Waals surface area contributed by atoms with Crippen LogP contribution in [0, 0.1) is 0 Å². The Morgan fingerprint density at radius 1 is 0.697 bits per heavy atom. The number of thiazole rings is 2. The van der Waals surface area contributed by atoms with E-state index in [0.717, 1.165) is 32.9 Å². The van der Waals surface area contributed by atoms with Gasteiger partial charge in [0.05, 0.1) is 69.0 Å². The lowest BCUT2D eigenvalue weighted by Crippen LogP contribution is -2.22. The van der Waals surface area contributed by atoms with Gasteiger partial charge in [0.25, 0.3) is 10.1 Å². The molecular formula is C41H43Cl2N13O6S4. The van der Waals surface area contributed by atoms with Crippen LogP contribution in [0.25, 0.3) is 20.4 Å². The molecule has 3 aromatic heterocycles. The molecule has 0 aliphatic carbocycles. The van der Waals surface area contributed by atoms with E-state index in [1.54, 1.807) is 32.4 Å². The summed E-state index contributed by atoms with van der Waals surface area (Å²) in [5, 5.41) is 35.9. The maximum Gasteiger partial charge on any atom is 0.296 e. The standard InChI is InChI=1S/C41H43Cl2N13O6S4/c1-7-55(8-2)30-17-25(27(19-32(30)61-5)51-53-40-46-24-12-11-22(42)15-34(24)64-40)44-37-48-38(50-39(49-37)63-14-13-57)45-26-18-31(56(9-3)10-4)33(62-6)20-28(26)52-54-41-47-29-21-36(66(58,59)60)23(43)16-35(29)65-41/h11-12,15-21,57H,7-10,13-14H2,1-6H3,(H,58,59,60)(H2,44,45,48,49,50). The Labute approximate surface area is 402 Å². The Balaban J connectivity index is 1.31. The Hall–Kier alpha value is -5.53. The maximum absolute atomic E-state index is 11.9. The lowest BCUT2D eigenvalue weighted by atomic mass is 10.2. The highest BCUT2D eigenvalue weighted by Gasteiger charge is 2.21. The van der Waals surface area contributed by atoms with Crippen molar-refractivity contribution in [1.29, 1.82) is 0 Å². The number of ether oxygens (including phenoxy) is 2. The molecule has 7 rings (SSSR count). The van der Waals surface area contributed by atoms with Crippen molar-refractivity contribution < 1.29 is 27.6 Å². The first-order chi connectivity index (χ1) is 31.8. The van der Waals surface area contributed by atoms with E-state index in [-0.39, 0.29) is 34.2 Å². The third-order valence-corrected chi connectivity index (χ3v) is 14.0. The van der Waals surface area contributed by atoms with Crippen molar-refractivity contribution in [3.63, 3.8) is 0 Å². The predicted octanol–water partition coefficient (Wildman–Crippen LogP) is 11.8. The zero-order chi connectivity index (χ0) is 47.1. The first-order valence-corrected chi connectivity index (χ1v) is 25.0. The highest BCUT2D eigenvalue weighted by atomic mass is 35.5. The third kappa shape index (κ3) is 11.2. The predicted molar refractivity (Wildman–Crippen MR) is 265 cm³/mol. The number of nitrogens with one attached hydrogen (secondary N) is 2.